The van der Waals surface area contributed by atoms with Crippen molar-refractivity contribution in [3.05, 3.63) is 0 Å². The fourth-order valence-electron chi connectivity index (χ4n) is 8.17. The third-order valence-corrected chi connectivity index (χ3v) is 11.8. The quantitative estimate of drug-likeness (QED) is 0.0529. The lowest BCUT2D eigenvalue weighted by atomic mass is 9.74. The molecule has 53 heavy (non-hydrogen) atoms. The molecule has 16 heteroatoms. The molecule has 2 saturated heterocycles. The lowest BCUT2D eigenvalue weighted by Crippen LogP contribution is -2.60. The Labute approximate surface area is 315 Å². The fourth-order valence-corrected chi connectivity index (χ4v) is 8.17. The van der Waals surface area contributed by atoms with Crippen molar-refractivity contribution in [3.63, 3.8) is 0 Å². The first-order chi connectivity index (χ1) is 24.3. The van der Waals surface area contributed by atoms with E-state index in [1.165, 1.54) is 34.8 Å². The van der Waals surface area contributed by atoms with E-state index >= 15 is 0 Å². The van der Waals surface area contributed by atoms with Crippen molar-refractivity contribution >= 4 is 11.7 Å². The van der Waals surface area contributed by atoms with Gasteiger partial charge in [-0.3, -0.25) is 4.79 Å². The van der Waals surface area contributed by atoms with Gasteiger partial charge in [0.15, 0.2) is 12.6 Å². The van der Waals surface area contributed by atoms with E-state index in [4.69, 9.17) is 23.7 Å². The van der Waals surface area contributed by atoms with Crippen molar-refractivity contribution in [2.45, 2.75) is 179 Å². The number of hydrogen-bond acceptors (Lipinski definition) is 15. The van der Waals surface area contributed by atoms with Crippen LogP contribution in [0.4, 0.5) is 0 Å². The fraction of sp³-hybridized carbons (Fsp3) is 0.946. The van der Waals surface area contributed by atoms with Gasteiger partial charge in [0, 0.05) is 37.3 Å². The van der Waals surface area contributed by atoms with Gasteiger partial charge in [-0.25, -0.2) is 0 Å². The Hall–Kier alpha value is -1.54. The smallest absolute Gasteiger partial charge is 0.308 e. The topological polar surface area (TPSA) is 241 Å². The van der Waals surface area contributed by atoms with Gasteiger partial charge in [0.2, 0.25) is 0 Å². The number of oxime groups is 1. The van der Waals surface area contributed by atoms with Crippen LogP contribution in [-0.2, 0) is 28.5 Å². The molecule has 0 aliphatic carbocycles. The van der Waals surface area contributed by atoms with Gasteiger partial charge in [-0.1, -0.05) is 32.9 Å². The van der Waals surface area contributed by atoms with Crippen LogP contribution in [0, 0.1) is 23.7 Å². The van der Waals surface area contributed by atoms with E-state index in [9.17, 15) is 45.7 Å². The molecule has 0 aromatic rings. The van der Waals surface area contributed by atoms with E-state index in [0.717, 1.165) is 0 Å². The molecule has 312 valence electrons. The Morgan fingerprint density at radius 2 is 1.62 bits per heavy atom. The number of aliphatic carboxylic acids is 1. The predicted molar refractivity (Wildman–Crippen MR) is 194 cm³/mol. The Bertz CT molecular complexity index is 1190. The van der Waals surface area contributed by atoms with E-state index in [-0.39, 0.29) is 37.1 Å². The summed E-state index contributed by atoms with van der Waals surface area (Å²) in [5.41, 5.74) is -4.88. The Morgan fingerprint density at radius 3 is 2.11 bits per heavy atom. The largest absolute Gasteiger partial charge is 0.481 e. The molecule has 2 fully saturated rings. The first kappa shape index (κ1) is 47.6. The molecule has 0 saturated carbocycles. The summed E-state index contributed by atoms with van der Waals surface area (Å²) < 4.78 is 30.7. The van der Waals surface area contributed by atoms with Crippen LogP contribution in [-0.4, -0.2) is 163 Å². The number of aliphatic hydroxyl groups excluding tert-OH is 4. The molecule has 2 aliphatic heterocycles. The number of nitrogens with zero attached hydrogens (tertiary/aromatic N) is 2. The summed E-state index contributed by atoms with van der Waals surface area (Å²) in [7, 11) is 5.09. The number of likely N-dealkylation sites (N-methyl/N-ethyl adjacent to an activating group) is 1. The number of aliphatic hydroxyl groups is 6. The van der Waals surface area contributed by atoms with Crippen molar-refractivity contribution < 1.29 is 69.4 Å². The van der Waals surface area contributed by atoms with Gasteiger partial charge in [0.25, 0.3) is 0 Å². The molecule has 0 aromatic carbocycles. The molecule has 0 aromatic heterocycles. The zero-order chi connectivity index (χ0) is 41.0. The number of methoxy groups -OCH3 is 1. The molecular weight excluding hydrogens is 696 g/mol. The van der Waals surface area contributed by atoms with Gasteiger partial charge >= 0.3 is 5.97 Å². The minimum atomic E-state index is -1.95. The van der Waals surface area contributed by atoms with Gasteiger partial charge < -0.3 is 69.5 Å². The highest BCUT2D eigenvalue weighted by atomic mass is 16.7. The number of carboxylic acids is 1. The minimum absolute atomic E-state index is 0.0247. The number of hydrogen-bond donors (Lipinski definition) is 8. The van der Waals surface area contributed by atoms with Gasteiger partial charge in [-0.05, 0) is 74.9 Å². The molecule has 8 N–H and O–H groups in total. The first-order valence-corrected chi connectivity index (χ1v) is 18.8. The zero-order valence-corrected chi connectivity index (χ0v) is 33.9. The van der Waals surface area contributed by atoms with Crippen LogP contribution in [0.25, 0.3) is 0 Å². The van der Waals surface area contributed by atoms with Gasteiger partial charge in [0.05, 0.1) is 59.5 Å². The maximum atomic E-state index is 12.6. The summed E-state index contributed by atoms with van der Waals surface area (Å²) in [5.74, 6) is -5.07. The summed E-state index contributed by atoms with van der Waals surface area (Å²) in [6.45, 7) is 15.9. The molecule has 2 rings (SSSR count). The van der Waals surface area contributed by atoms with Crippen molar-refractivity contribution in [2.75, 3.05) is 21.2 Å². The van der Waals surface area contributed by atoms with Gasteiger partial charge in [0.1, 0.15) is 17.8 Å². The Kier molecular flexibility index (Phi) is 17.1. The molecule has 0 amide bonds. The van der Waals surface area contributed by atoms with Crippen LogP contribution < -0.4 is 0 Å². The highest BCUT2D eigenvalue weighted by molar-refractivity contribution is 5.88. The van der Waals surface area contributed by atoms with E-state index in [1.807, 2.05) is 25.9 Å². The first-order valence-electron chi connectivity index (χ1n) is 18.8. The number of carboxylic acid groups (broad SMARTS) is 1. The second-order valence-electron chi connectivity index (χ2n) is 16.5. The van der Waals surface area contributed by atoms with Crippen molar-refractivity contribution in [1.82, 2.24) is 4.90 Å². The number of rotatable bonds is 19. The van der Waals surface area contributed by atoms with E-state index in [1.54, 1.807) is 34.6 Å². The molecule has 0 bridgehead atoms. The van der Waals surface area contributed by atoms with Gasteiger partial charge in [-0.15, -0.1) is 0 Å². The van der Waals surface area contributed by atoms with Crippen LogP contribution in [0.3, 0.4) is 0 Å². The average Bonchev–Trinajstić information content (AvgIpc) is 3.07. The maximum Gasteiger partial charge on any atom is 0.308 e. The summed E-state index contributed by atoms with van der Waals surface area (Å²) in [6, 6.07) is -0.370. The molecule has 2 heterocycles. The predicted octanol–water partition coefficient (Wildman–Crippen LogP) is 1.57. The highest BCUT2D eigenvalue weighted by Gasteiger charge is 2.52. The third-order valence-electron chi connectivity index (χ3n) is 11.8. The van der Waals surface area contributed by atoms with Crippen LogP contribution in [0.15, 0.2) is 5.16 Å². The van der Waals surface area contributed by atoms with Crippen molar-refractivity contribution in [2.24, 2.45) is 28.8 Å². The second-order valence-corrected chi connectivity index (χ2v) is 16.5. The minimum Gasteiger partial charge on any atom is -0.481 e. The Balaban J connectivity index is 2.61. The summed E-state index contributed by atoms with van der Waals surface area (Å²) >= 11 is 0. The summed E-state index contributed by atoms with van der Waals surface area (Å²) in [5, 5.41) is 91.1. The van der Waals surface area contributed by atoms with Crippen LogP contribution in [0.1, 0.15) is 94.9 Å². The van der Waals surface area contributed by atoms with E-state index < -0.39 is 102 Å². The lowest BCUT2D eigenvalue weighted by Gasteiger charge is -2.48. The molecule has 18 atom stereocenters. The molecule has 0 radical (unpaired) electrons. The van der Waals surface area contributed by atoms with Crippen molar-refractivity contribution in [3.8, 4) is 0 Å². The standard InChI is InChI=1S/C37H70N2O14/c1-14-25(40)37(10,47)30(42)20(4)27(38-48)18(2)16-35(8,46)32(53-34-28(41)24(39(11)12)15-19(3)50-34)21(5)29(22(6)33(44)45)52-26-17-36(9,49-13)31(43)23(7)51-26/h18-26,28-32,34,40-43,46-48H,14-17H2,1-13H3,(H,44,45)/b38-27+/t18-,19-,20+,21+,22-,23+,24+,25-,26+,28-,29+,30-,31+,32-,34+,35-,36-,37-/m1/s1. The normalized spacial score (nSPS) is 35.6. The van der Waals surface area contributed by atoms with Crippen molar-refractivity contribution in [1.29, 1.82) is 0 Å². The number of carbonyl (C=O) groups is 1. The van der Waals surface area contributed by atoms with Gasteiger partial charge in [-0.2, -0.15) is 0 Å². The molecule has 16 nitrogen and oxygen atoms in total. The second kappa shape index (κ2) is 19.1. The zero-order valence-electron chi connectivity index (χ0n) is 33.9. The summed E-state index contributed by atoms with van der Waals surface area (Å²) in [4.78, 5) is 14.4. The summed E-state index contributed by atoms with van der Waals surface area (Å²) in [6.07, 6.45) is -10.3. The molecule has 0 spiro atoms. The molecular formula is C37H70N2O14. The average molecular weight is 767 g/mol. The maximum absolute atomic E-state index is 12.6. The monoisotopic (exact) mass is 766 g/mol. The van der Waals surface area contributed by atoms with Crippen LogP contribution in [0.5, 0.6) is 0 Å². The number of ether oxygens (including phenoxy) is 5. The Morgan fingerprint density at radius 1 is 1.04 bits per heavy atom. The van der Waals surface area contributed by atoms with Crippen LogP contribution in [0.2, 0.25) is 0 Å². The lowest BCUT2D eigenvalue weighted by molar-refractivity contribution is -0.317. The van der Waals surface area contributed by atoms with E-state index in [0.29, 0.717) is 6.42 Å². The SMILES string of the molecule is CC[C@@H](O)[C@@](C)(O)[C@H](O)[C@@H](C)/C(=N/O)[C@H](C)C[C@@](C)(O)[C@H](O[C@@H]1O[C@H](C)C[C@H](N(C)C)[C@H]1O)[C@@H](C)[C@H](O[C@H]1C[C@@](C)(OC)[C@@H](O)[C@H](C)O1)[C@@H](C)C(=O)O. The highest BCUT2D eigenvalue weighted by Crippen LogP contribution is 2.40. The van der Waals surface area contributed by atoms with Crippen LogP contribution >= 0.6 is 0 Å². The molecule has 0 unspecified atom stereocenters. The molecule has 2 aliphatic rings. The van der Waals surface area contributed by atoms with E-state index in [2.05, 4.69) is 5.16 Å². The third kappa shape index (κ3) is 11.1.